The fourth-order valence-electron chi connectivity index (χ4n) is 1.46. The van der Waals surface area contributed by atoms with Crippen molar-refractivity contribution in [1.82, 2.24) is 5.32 Å². The number of rotatable bonds is 7. The Morgan fingerprint density at radius 1 is 1.42 bits per heavy atom. The maximum Gasteiger partial charge on any atom is 0.306 e. The summed E-state index contributed by atoms with van der Waals surface area (Å²) in [4.78, 5) is 22.0. The molecule has 1 aromatic carbocycles. The Morgan fingerprint density at radius 2 is 2.16 bits per heavy atom. The molecule has 2 N–H and O–H groups in total. The lowest BCUT2D eigenvalue weighted by Crippen LogP contribution is -2.31. The highest BCUT2D eigenvalue weighted by Gasteiger charge is 2.10. The van der Waals surface area contributed by atoms with E-state index in [1.165, 1.54) is 0 Å². The predicted octanol–water partition coefficient (Wildman–Crippen LogP) is 1.60. The quantitative estimate of drug-likeness (QED) is 0.785. The highest BCUT2D eigenvalue weighted by molar-refractivity contribution is 5.77. The first-order chi connectivity index (χ1) is 8.99. The van der Waals surface area contributed by atoms with Gasteiger partial charge in [-0.2, -0.15) is 0 Å². The SMILES string of the molecule is Cc1cccc(OCC(=O)NCCC(C)C(=O)O)c1. The first-order valence-electron chi connectivity index (χ1n) is 6.18. The van der Waals surface area contributed by atoms with Gasteiger partial charge in [0, 0.05) is 6.54 Å². The minimum absolute atomic E-state index is 0.0646. The number of aryl methyl sites for hydroxylation is 1. The van der Waals surface area contributed by atoms with Crippen molar-refractivity contribution in [3.8, 4) is 5.75 Å². The zero-order valence-electron chi connectivity index (χ0n) is 11.2. The molecule has 1 aromatic rings. The van der Waals surface area contributed by atoms with Crippen LogP contribution in [0, 0.1) is 12.8 Å². The van der Waals surface area contributed by atoms with E-state index in [0.29, 0.717) is 18.7 Å². The second-order valence-electron chi connectivity index (χ2n) is 4.48. The van der Waals surface area contributed by atoms with Crippen molar-refractivity contribution in [2.24, 2.45) is 5.92 Å². The van der Waals surface area contributed by atoms with Crippen LogP contribution in [0.5, 0.6) is 5.75 Å². The molecule has 0 aromatic heterocycles. The third kappa shape index (κ3) is 5.90. The Morgan fingerprint density at radius 3 is 2.79 bits per heavy atom. The molecule has 5 heteroatoms. The molecule has 1 unspecified atom stereocenters. The number of ether oxygens (including phenoxy) is 1. The van der Waals surface area contributed by atoms with Crippen molar-refractivity contribution in [2.45, 2.75) is 20.3 Å². The molecule has 1 amide bonds. The maximum absolute atomic E-state index is 11.5. The number of amides is 1. The minimum atomic E-state index is -0.856. The van der Waals surface area contributed by atoms with Gasteiger partial charge in [0.15, 0.2) is 6.61 Å². The third-order valence-corrected chi connectivity index (χ3v) is 2.68. The van der Waals surface area contributed by atoms with Crippen LogP contribution in [0.4, 0.5) is 0 Å². The third-order valence-electron chi connectivity index (χ3n) is 2.68. The van der Waals surface area contributed by atoms with Crippen LogP contribution in [0.25, 0.3) is 0 Å². The molecular formula is C14H19NO4. The lowest BCUT2D eigenvalue weighted by Gasteiger charge is -2.09. The molecule has 1 rings (SSSR count). The second-order valence-corrected chi connectivity index (χ2v) is 4.48. The first kappa shape index (κ1) is 15.0. The molecule has 0 heterocycles. The number of benzene rings is 1. The first-order valence-corrected chi connectivity index (χ1v) is 6.18. The van der Waals surface area contributed by atoms with Crippen molar-refractivity contribution in [3.63, 3.8) is 0 Å². The average molecular weight is 265 g/mol. The van der Waals surface area contributed by atoms with Crippen LogP contribution in [0.15, 0.2) is 24.3 Å². The van der Waals surface area contributed by atoms with E-state index >= 15 is 0 Å². The van der Waals surface area contributed by atoms with Crippen LogP contribution in [0.3, 0.4) is 0 Å². The van der Waals surface area contributed by atoms with Gasteiger partial charge in [-0.3, -0.25) is 9.59 Å². The second kappa shape index (κ2) is 7.41. The average Bonchev–Trinajstić information content (AvgIpc) is 2.36. The standard InChI is InChI=1S/C14H19NO4/c1-10-4-3-5-12(8-10)19-9-13(16)15-7-6-11(2)14(17)18/h3-5,8,11H,6-7,9H2,1-2H3,(H,15,16)(H,17,18). The number of nitrogens with one attached hydrogen (secondary N) is 1. The normalized spacial score (nSPS) is 11.7. The Labute approximate surface area is 112 Å². The smallest absolute Gasteiger partial charge is 0.306 e. The summed E-state index contributed by atoms with van der Waals surface area (Å²) in [6.45, 7) is 3.83. The fourth-order valence-corrected chi connectivity index (χ4v) is 1.46. The van der Waals surface area contributed by atoms with E-state index in [-0.39, 0.29) is 12.5 Å². The van der Waals surface area contributed by atoms with E-state index in [1.54, 1.807) is 13.0 Å². The highest BCUT2D eigenvalue weighted by Crippen LogP contribution is 2.11. The van der Waals surface area contributed by atoms with Crippen LogP contribution < -0.4 is 10.1 Å². The molecule has 1 atom stereocenters. The van der Waals surface area contributed by atoms with E-state index in [2.05, 4.69) is 5.32 Å². The Hall–Kier alpha value is -2.04. The summed E-state index contributed by atoms with van der Waals surface area (Å²) in [5.41, 5.74) is 1.06. The number of aliphatic carboxylic acids is 1. The molecular weight excluding hydrogens is 246 g/mol. The zero-order valence-corrected chi connectivity index (χ0v) is 11.2. The van der Waals surface area contributed by atoms with Gasteiger partial charge in [0.05, 0.1) is 5.92 Å². The topological polar surface area (TPSA) is 75.6 Å². The highest BCUT2D eigenvalue weighted by atomic mass is 16.5. The Balaban J connectivity index is 2.23. The summed E-state index contributed by atoms with van der Waals surface area (Å²) in [6.07, 6.45) is 0.408. The van der Waals surface area contributed by atoms with Gasteiger partial charge < -0.3 is 15.2 Å². The maximum atomic E-state index is 11.5. The molecule has 0 radical (unpaired) electrons. The zero-order chi connectivity index (χ0) is 14.3. The summed E-state index contributed by atoms with van der Waals surface area (Å²) < 4.78 is 5.33. The van der Waals surface area contributed by atoms with Gasteiger partial charge in [-0.25, -0.2) is 0 Å². The van der Waals surface area contributed by atoms with Crippen molar-refractivity contribution >= 4 is 11.9 Å². The molecule has 0 spiro atoms. The van der Waals surface area contributed by atoms with Gasteiger partial charge >= 0.3 is 5.97 Å². The van der Waals surface area contributed by atoms with Crippen LogP contribution in [0.1, 0.15) is 18.9 Å². The minimum Gasteiger partial charge on any atom is -0.484 e. The molecule has 0 aliphatic carbocycles. The Kier molecular flexibility index (Phi) is 5.85. The summed E-state index contributed by atoms with van der Waals surface area (Å²) in [7, 11) is 0. The molecule has 104 valence electrons. The molecule has 0 bridgehead atoms. The van der Waals surface area contributed by atoms with E-state index in [9.17, 15) is 9.59 Å². The van der Waals surface area contributed by atoms with Crippen molar-refractivity contribution in [2.75, 3.05) is 13.2 Å². The molecule has 0 aliphatic heterocycles. The van der Waals surface area contributed by atoms with E-state index in [4.69, 9.17) is 9.84 Å². The van der Waals surface area contributed by atoms with Crippen LogP contribution >= 0.6 is 0 Å². The monoisotopic (exact) mass is 265 g/mol. The molecule has 0 aliphatic rings. The molecule has 5 nitrogen and oxygen atoms in total. The van der Waals surface area contributed by atoms with Gasteiger partial charge in [0.2, 0.25) is 0 Å². The van der Waals surface area contributed by atoms with Crippen LogP contribution in [0.2, 0.25) is 0 Å². The summed E-state index contributed by atoms with van der Waals surface area (Å²) in [5.74, 6) is -0.920. The fraction of sp³-hybridized carbons (Fsp3) is 0.429. The molecule has 0 saturated heterocycles. The number of carboxylic acid groups (broad SMARTS) is 1. The number of carbonyl (C=O) groups excluding carboxylic acids is 1. The largest absolute Gasteiger partial charge is 0.484 e. The number of hydrogen-bond acceptors (Lipinski definition) is 3. The van der Waals surface area contributed by atoms with Gasteiger partial charge in [0.1, 0.15) is 5.75 Å². The number of carbonyl (C=O) groups is 2. The molecule has 19 heavy (non-hydrogen) atoms. The van der Waals surface area contributed by atoms with Gasteiger partial charge in [-0.1, -0.05) is 19.1 Å². The lowest BCUT2D eigenvalue weighted by atomic mass is 10.1. The molecule has 0 fully saturated rings. The summed E-state index contributed by atoms with van der Waals surface area (Å²) >= 11 is 0. The predicted molar refractivity (Wildman–Crippen MR) is 71.1 cm³/mol. The van der Waals surface area contributed by atoms with E-state index in [0.717, 1.165) is 5.56 Å². The van der Waals surface area contributed by atoms with E-state index < -0.39 is 11.9 Å². The summed E-state index contributed by atoms with van der Waals surface area (Å²) in [6, 6.07) is 7.43. The van der Waals surface area contributed by atoms with Gasteiger partial charge in [-0.15, -0.1) is 0 Å². The van der Waals surface area contributed by atoms with Crippen molar-refractivity contribution in [1.29, 1.82) is 0 Å². The molecule has 0 saturated carbocycles. The van der Waals surface area contributed by atoms with Crippen LogP contribution in [-0.4, -0.2) is 30.1 Å². The van der Waals surface area contributed by atoms with Gasteiger partial charge in [0.25, 0.3) is 5.91 Å². The van der Waals surface area contributed by atoms with Gasteiger partial charge in [-0.05, 0) is 31.0 Å². The number of carboxylic acids is 1. The Bertz CT molecular complexity index is 445. The van der Waals surface area contributed by atoms with Crippen LogP contribution in [-0.2, 0) is 9.59 Å². The summed E-state index contributed by atoms with van der Waals surface area (Å²) in [5, 5.41) is 11.3. The number of hydrogen-bond donors (Lipinski definition) is 2. The van der Waals surface area contributed by atoms with Crippen molar-refractivity contribution < 1.29 is 19.4 Å². The van der Waals surface area contributed by atoms with E-state index in [1.807, 2.05) is 25.1 Å². The van der Waals surface area contributed by atoms with Crippen molar-refractivity contribution in [3.05, 3.63) is 29.8 Å². The lowest BCUT2D eigenvalue weighted by molar-refractivity contribution is -0.141.